The maximum absolute atomic E-state index is 5.56. The molecule has 114 valence electrons. The molecule has 0 aliphatic heterocycles. The molecule has 1 rings (SSSR count). The molecule has 0 saturated carbocycles. The highest BCUT2D eigenvalue weighted by Gasteiger charge is 2.09. The minimum atomic E-state index is 0.637. The van der Waals surface area contributed by atoms with Crippen LogP contribution in [0, 0.1) is 0 Å². The molecule has 0 amide bonds. The second-order valence-electron chi connectivity index (χ2n) is 4.76. The van der Waals surface area contributed by atoms with Crippen molar-refractivity contribution in [1.29, 1.82) is 0 Å². The normalized spacial score (nSPS) is 10.6. The predicted octanol–water partition coefficient (Wildman–Crippen LogP) is 4.53. The Bertz CT molecular complexity index is 396. The average Bonchev–Trinajstić information content (AvgIpc) is 2.45. The van der Waals surface area contributed by atoms with E-state index in [1.54, 1.807) is 7.11 Å². The van der Waals surface area contributed by atoms with E-state index in [0.29, 0.717) is 6.61 Å². The van der Waals surface area contributed by atoms with E-state index in [9.17, 15) is 0 Å². The number of halogens is 1. The molecule has 1 N–H and O–H groups in total. The predicted molar refractivity (Wildman–Crippen MR) is 87.7 cm³/mol. The lowest BCUT2D eigenvalue weighted by molar-refractivity contribution is 0.310. The van der Waals surface area contributed by atoms with Gasteiger partial charge in [0.15, 0.2) is 11.5 Å². The van der Waals surface area contributed by atoms with Gasteiger partial charge in [-0.25, -0.2) is 0 Å². The Kier molecular flexibility index (Phi) is 8.70. The van der Waals surface area contributed by atoms with Crippen LogP contribution in [0.4, 0.5) is 0 Å². The van der Waals surface area contributed by atoms with E-state index in [2.05, 4.69) is 28.2 Å². The van der Waals surface area contributed by atoms with Gasteiger partial charge in [-0.3, -0.25) is 0 Å². The van der Waals surface area contributed by atoms with Gasteiger partial charge in [-0.2, -0.15) is 0 Å². The van der Waals surface area contributed by atoms with Crippen LogP contribution in [0.2, 0.25) is 0 Å². The van der Waals surface area contributed by atoms with Gasteiger partial charge >= 0.3 is 0 Å². The minimum absolute atomic E-state index is 0.637. The van der Waals surface area contributed by atoms with E-state index in [4.69, 9.17) is 9.47 Å². The van der Waals surface area contributed by atoms with Crippen molar-refractivity contribution >= 4 is 15.9 Å². The molecule has 0 fully saturated rings. The standard InChI is InChI=1S/C16H26BrNO2/c1-4-6-7-8-9-18-12-13-10-15(19-3)16(20-5-2)11-14(13)17/h10-11,18H,4-9,12H2,1-3H3. The van der Waals surface area contributed by atoms with Gasteiger partial charge in [0.2, 0.25) is 0 Å². The van der Waals surface area contributed by atoms with Gasteiger partial charge in [-0.1, -0.05) is 42.1 Å². The van der Waals surface area contributed by atoms with Crippen LogP contribution in [0.15, 0.2) is 16.6 Å². The van der Waals surface area contributed by atoms with Gasteiger partial charge in [0.05, 0.1) is 13.7 Å². The molecule has 0 spiro atoms. The Morgan fingerprint density at radius 2 is 1.90 bits per heavy atom. The zero-order valence-electron chi connectivity index (χ0n) is 12.8. The van der Waals surface area contributed by atoms with Gasteiger partial charge in [0.25, 0.3) is 0 Å². The zero-order valence-corrected chi connectivity index (χ0v) is 14.4. The lowest BCUT2D eigenvalue weighted by atomic mass is 10.2. The summed E-state index contributed by atoms with van der Waals surface area (Å²) in [5.74, 6) is 1.58. The smallest absolute Gasteiger partial charge is 0.162 e. The highest BCUT2D eigenvalue weighted by Crippen LogP contribution is 2.33. The van der Waals surface area contributed by atoms with Crippen LogP contribution in [0.5, 0.6) is 11.5 Å². The third kappa shape index (κ3) is 5.71. The van der Waals surface area contributed by atoms with Crippen molar-refractivity contribution in [3.8, 4) is 11.5 Å². The highest BCUT2D eigenvalue weighted by molar-refractivity contribution is 9.10. The summed E-state index contributed by atoms with van der Waals surface area (Å²) >= 11 is 3.60. The molecular weight excluding hydrogens is 318 g/mol. The summed E-state index contributed by atoms with van der Waals surface area (Å²) in [6, 6.07) is 4.02. The Morgan fingerprint density at radius 3 is 2.55 bits per heavy atom. The fraction of sp³-hybridized carbons (Fsp3) is 0.625. The fourth-order valence-corrected chi connectivity index (χ4v) is 2.50. The molecular formula is C16H26BrNO2. The summed E-state index contributed by atoms with van der Waals surface area (Å²) in [4.78, 5) is 0. The van der Waals surface area contributed by atoms with Crippen molar-refractivity contribution in [3.63, 3.8) is 0 Å². The fourth-order valence-electron chi connectivity index (χ4n) is 2.04. The SMILES string of the molecule is CCCCCCNCc1cc(OC)c(OCC)cc1Br. The molecule has 0 radical (unpaired) electrons. The molecule has 0 aromatic heterocycles. The molecule has 0 unspecified atom stereocenters. The third-order valence-corrected chi connectivity index (χ3v) is 3.89. The van der Waals surface area contributed by atoms with Crippen LogP contribution in [0.3, 0.4) is 0 Å². The molecule has 4 heteroatoms. The molecule has 1 aromatic carbocycles. The molecule has 0 saturated heterocycles. The number of ether oxygens (including phenoxy) is 2. The van der Waals surface area contributed by atoms with Crippen LogP contribution < -0.4 is 14.8 Å². The van der Waals surface area contributed by atoms with Crippen molar-refractivity contribution in [2.24, 2.45) is 0 Å². The first kappa shape index (κ1) is 17.3. The number of unbranched alkanes of at least 4 members (excludes halogenated alkanes) is 3. The number of hydrogen-bond donors (Lipinski definition) is 1. The lowest BCUT2D eigenvalue weighted by Crippen LogP contribution is -2.15. The summed E-state index contributed by atoms with van der Waals surface area (Å²) in [6.07, 6.45) is 5.14. The average molecular weight is 344 g/mol. The minimum Gasteiger partial charge on any atom is -0.493 e. The highest BCUT2D eigenvalue weighted by atomic mass is 79.9. The van der Waals surface area contributed by atoms with Gasteiger partial charge < -0.3 is 14.8 Å². The summed E-state index contributed by atoms with van der Waals surface area (Å²) in [5, 5.41) is 3.48. The number of hydrogen-bond acceptors (Lipinski definition) is 3. The van der Waals surface area contributed by atoms with E-state index < -0.39 is 0 Å². The topological polar surface area (TPSA) is 30.5 Å². The second kappa shape index (κ2) is 10.1. The molecule has 0 heterocycles. The molecule has 0 aliphatic carbocycles. The Morgan fingerprint density at radius 1 is 1.10 bits per heavy atom. The first-order chi connectivity index (χ1) is 9.72. The largest absolute Gasteiger partial charge is 0.493 e. The van der Waals surface area contributed by atoms with Crippen molar-refractivity contribution in [2.75, 3.05) is 20.3 Å². The zero-order chi connectivity index (χ0) is 14.8. The van der Waals surface area contributed by atoms with Gasteiger partial charge in [0, 0.05) is 11.0 Å². The van der Waals surface area contributed by atoms with Crippen molar-refractivity contribution in [1.82, 2.24) is 5.32 Å². The van der Waals surface area contributed by atoms with Crippen molar-refractivity contribution in [3.05, 3.63) is 22.2 Å². The first-order valence-electron chi connectivity index (χ1n) is 7.42. The van der Waals surface area contributed by atoms with E-state index >= 15 is 0 Å². The summed E-state index contributed by atoms with van der Waals surface area (Å²) in [6.45, 7) is 6.74. The maximum atomic E-state index is 5.56. The van der Waals surface area contributed by atoms with Crippen LogP contribution in [0.1, 0.15) is 45.1 Å². The monoisotopic (exact) mass is 343 g/mol. The van der Waals surface area contributed by atoms with Crippen LogP contribution >= 0.6 is 15.9 Å². The quantitative estimate of drug-likeness (QED) is 0.633. The Labute approximate surface area is 131 Å². The molecule has 3 nitrogen and oxygen atoms in total. The van der Waals surface area contributed by atoms with E-state index in [1.165, 1.54) is 31.2 Å². The number of benzene rings is 1. The van der Waals surface area contributed by atoms with E-state index in [1.807, 2.05) is 19.1 Å². The van der Waals surface area contributed by atoms with Gasteiger partial charge in [-0.15, -0.1) is 0 Å². The Balaban J connectivity index is 2.53. The Hall–Kier alpha value is -0.740. The van der Waals surface area contributed by atoms with Gasteiger partial charge in [0.1, 0.15) is 0 Å². The maximum Gasteiger partial charge on any atom is 0.162 e. The number of nitrogens with one attached hydrogen (secondary N) is 1. The molecule has 0 aliphatic rings. The summed E-state index contributed by atoms with van der Waals surface area (Å²) in [7, 11) is 1.67. The van der Waals surface area contributed by atoms with E-state index in [-0.39, 0.29) is 0 Å². The van der Waals surface area contributed by atoms with Crippen LogP contribution in [-0.2, 0) is 6.54 Å². The van der Waals surface area contributed by atoms with Gasteiger partial charge in [-0.05, 0) is 37.6 Å². The number of rotatable bonds is 10. The molecule has 0 atom stereocenters. The van der Waals surface area contributed by atoms with Crippen LogP contribution in [0.25, 0.3) is 0 Å². The summed E-state index contributed by atoms with van der Waals surface area (Å²) < 4.78 is 12.0. The molecule has 20 heavy (non-hydrogen) atoms. The summed E-state index contributed by atoms with van der Waals surface area (Å²) in [5.41, 5.74) is 1.20. The third-order valence-electron chi connectivity index (χ3n) is 3.16. The van der Waals surface area contributed by atoms with Crippen LogP contribution in [-0.4, -0.2) is 20.3 Å². The molecule has 0 bridgehead atoms. The molecule has 1 aromatic rings. The van der Waals surface area contributed by atoms with Crippen molar-refractivity contribution < 1.29 is 9.47 Å². The van der Waals surface area contributed by atoms with E-state index in [0.717, 1.165) is 29.1 Å². The van der Waals surface area contributed by atoms with Crippen molar-refractivity contribution in [2.45, 2.75) is 46.1 Å². The first-order valence-corrected chi connectivity index (χ1v) is 8.22. The second-order valence-corrected chi connectivity index (χ2v) is 5.62. The lowest BCUT2D eigenvalue weighted by Gasteiger charge is -2.13. The number of methoxy groups -OCH3 is 1.